The van der Waals surface area contributed by atoms with Crippen molar-refractivity contribution in [2.24, 2.45) is 10.4 Å². The van der Waals surface area contributed by atoms with E-state index < -0.39 is 0 Å². The van der Waals surface area contributed by atoms with Gasteiger partial charge in [0.2, 0.25) is 0 Å². The van der Waals surface area contributed by atoms with Crippen molar-refractivity contribution in [2.45, 2.75) is 86.5 Å². The molecule has 0 saturated carbocycles. The number of allylic oxidation sites excluding steroid dienone is 2. The maximum absolute atomic E-state index is 5.71. The van der Waals surface area contributed by atoms with Crippen LogP contribution in [-0.4, -0.2) is 5.71 Å². The molecule has 0 amide bonds. The van der Waals surface area contributed by atoms with Crippen LogP contribution in [0.15, 0.2) is 16.3 Å². The highest BCUT2D eigenvalue weighted by Gasteiger charge is 2.23. The summed E-state index contributed by atoms with van der Waals surface area (Å²) >= 11 is 0. The molecule has 0 aliphatic rings. The molecule has 1 nitrogen and oxygen atoms in total. The zero-order chi connectivity index (χ0) is 15.6. The van der Waals surface area contributed by atoms with Gasteiger partial charge in [-0.05, 0) is 31.6 Å². The Hall–Kier alpha value is -1.03. The van der Waals surface area contributed by atoms with E-state index in [1.54, 1.807) is 0 Å². The van der Waals surface area contributed by atoms with Crippen LogP contribution >= 0.6 is 0 Å². The SMILES string of the molecule is C#C/C(CC(C)(CC)CCC)=N\C(CCC)=C(/C)CC. The number of hydrogen-bond donors (Lipinski definition) is 0. The minimum atomic E-state index is 0.289. The molecule has 0 saturated heterocycles. The van der Waals surface area contributed by atoms with E-state index in [4.69, 9.17) is 11.4 Å². The van der Waals surface area contributed by atoms with E-state index in [0.717, 1.165) is 37.8 Å². The first kappa shape index (κ1) is 19.0. The average Bonchev–Trinajstić information content (AvgIpc) is 2.45. The molecule has 0 aliphatic heterocycles. The summed E-state index contributed by atoms with van der Waals surface area (Å²) in [4.78, 5) is 4.83. The summed E-state index contributed by atoms with van der Waals surface area (Å²) < 4.78 is 0. The zero-order valence-electron chi connectivity index (χ0n) is 14.5. The van der Waals surface area contributed by atoms with Crippen LogP contribution in [0.3, 0.4) is 0 Å². The van der Waals surface area contributed by atoms with Gasteiger partial charge in [-0.3, -0.25) is 0 Å². The number of nitrogens with zero attached hydrogens (tertiary/aromatic N) is 1. The van der Waals surface area contributed by atoms with Crippen molar-refractivity contribution in [3.8, 4) is 12.3 Å². The van der Waals surface area contributed by atoms with Gasteiger partial charge in [-0.15, -0.1) is 6.42 Å². The normalized spacial score (nSPS) is 16.4. The molecule has 0 spiro atoms. The number of terminal acetylenes is 1. The number of hydrogen-bond acceptors (Lipinski definition) is 1. The van der Waals surface area contributed by atoms with Gasteiger partial charge in [-0.25, -0.2) is 4.99 Å². The van der Waals surface area contributed by atoms with Gasteiger partial charge in [0.15, 0.2) is 0 Å². The van der Waals surface area contributed by atoms with Crippen molar-refractivity contribution >= 4 is 5.71 Å². The average molecular weight is 275 g/mol. The van der Waals surface area contributed by atoms with Gasteiger partial charge in [0.05, 0.1) is 5.71 Å². The maximum Gasteiger partial charge on any atom is 0.0905 e. The van der Waals surface area contributed by atoms with Crippen LogP contribution in [0.1, 0.15) is 86.5 Å². The van der Waals surface area contributed by atoms with Crippen molar-refractivity contribution < 1.29 is 0 Å². The Morgan fingerprint density at radius 2 is 1.80 bits per heavy atom. The first-order valence-electron chi connectivity index (χ1n) is 8.19. The van der Waals surface area contributed by atoms with Crippen LogP contribution in [0.25, 0.3) is 0 Å². The van der Waals surface area contributed by atoms with E-state index in [0.29, 0.717) is 0 Å². The summed E-state index contributed by atoms with van der Waals surface area (Å²) in [5.41, 5.74) is 3.79. The lowest BCUT2D eigenvalue weighted by Gasteiger charge is -2.27. The summed E-state index contributed by atoms with van der Waals surface area (Å²) in [5.74, 6) is 2.83. The first-order valence-corrected chi connectivity index (χ1v) is 8.19. The lowest BCUT2D eigenvalue weighted by molar-refractivity contribution is 0.295. The Morgan fingerprint density at radius 1 is 1.15 bits per heavy atom. The van der Waals surface area contributed by atoms with Gasteiger partial charge in [0.1, 0.15) is 0 Å². The predicted molar refractivity (Wildman–Crippen MR) is 92.1 cm³/mol. The molecule has 20 heavy (non-hydrogen) atoms. The largest absolute Gasteiger partial charge is 0.249 e. The highest BCUT2D eigenvalue weighted by atomic mass is 14.8. The van der Waals surface area contributed by atoms with Crippen LogP contribution in [-0.2, 0) is 0 Å². The molecule has 1 unspecified atom stereocenters. The highest BCUT2D eigenvalue weighted by Crippen LogP contribution is 2.32. The summed E-state index contributed by atoms with van der Waals surface area (Å²) in [6.45, 7) is 13.4. The molecular weight excluding hydrogens is 242 g/mol. The van der Waals surface area contributed by atoms with Gasteiger partial charge in [0.25, 0.3) is 0 Å². The molecule has 1 atom stereocenters. The third kappa shape index (κ3) is 6.42. The van der Waals surface area contributed by atoms with E-state index in [1.165, 1.54) is 24.1 Å². The van der Waals surface area contributed by atoms with Crippen LogP contribution < -0.4 is 0 Å². The van der Waals surface area contributed by atoms with Crippen LogP contribution in [0, 0.1) is 17.8 Å². The molecule has 0 heterocycles. The summed E-state index contributed by atoms with van der Waals surface area (Å²) in [7, 11) is 0. The van der Waals surface area contributed by atoms with Gasteiger partial charge in [-0.1, -0.05) is 65.4 Å². The summed E-state index contributed by atoms with van der Waals surface area (Å²) in [6, 6.07) is 0. The van der Waals surface area contributed by atoms with Crippen LogP contribution in [0.4, 0.5) is 0 Å². The van der Waals surface area contributed by atoms with Crippen molar-refractivity contribution in [1.82, 2.24) is 0 Å². The second-order valence-corrected chi connectivity index (χ2v) is 6.12. The minimum Gasteiger partial charge on any atom is -0.249 e. The molecule has 114 valence electrons. The van der Waals surface area contributed by atoms with Crippen LogP contribution in [0.2, 0.25) is 0 Å². The monoisotopic (exact) mass is 275 g/mol. The standard InChI is InChI=1S/C19H33N/c1-8-13-18(16(6)10-3)20-17(11-4)15-19(7,12-5)14-9-2/h4H,8-10,12-15H2,1-3,5-7H3/b18-16+,20-17+. The predicted octanol–water partition coefficient (Wildman–Crippen LogP) is 6.15. The Bertz CT molecular complexity index is 381. The fourth-order valence-electron chi connectivity index (χ4n) is 2.49. The second kappa shape index (κ2) is 9.81. The smallest absolute Gasteiger partial charge is 0.0905 e. The van der Waals surface area contributed by atoms with Gasteiger partial charge >= 0.3 is 0 Å². The fourth-order valence-corrected chi connectivity index (χ4v) is 2.49. The molecule has 1 heteroatoms. The molecule has 0 aromatic rings. The third-order valence-electron chi connectivity index (χ3n) is 4.25. The lowest BCUT2D eigenvalue weighted by Crippen LogP contribution is -2.19. The van der Waals surface area contributed by atoms with Gasteiger partial charge in [0, 0.05) is 12.1 Å². The zero-order valence-corrected chi connectivity index (χ0v) is 14.5. The quantitative estimate of drug-likeness (QED) is 0.353. The molecule has 0 rings (SSSR count). The van der Waals surface area contributed by atoms with E-state index in [1.807, 2.05) is 0 Å². The summed E-state index contributed by atoms with van der Waals surface area (Å²) in [5, 5.41) is 0. The molecule has 0 aromatic heterocycles. The second-order valence-electron chi connectivity index (χ2n) is 6.12. The van der Waals surface area contributed by atoms with Gasteiger partial charge in [-0.2, -0.15) is 0 Å². The van der Waals surface area contributed by atoms with E-state index in [-0.39, 0.29) is 5.41 Å². The van der Waals surface area contributed by atoms with Crippen molar-refractivity contribution in [1.29, 1.82) is 0 Å². The molecule has 0 N–H and O–H groups in total. The van der Waals surface area contributed by atoms with E-state index in [9.17, 15) is 0 Å². The third-order valence-corrected chi connectivity index (χ3v) is 4.25. The summed E-state index contributed by atoms with van der Waals surface area (Å²) in [6.07, 6.45) is 13.4. The molecular formula is C19H33N. The minimum absolute atomic E-state index is 0.289. The number of aliphatic imine (C=N–C) groups is 1. The first-order chi connectivity index (χ1) is 9.46. The highest BCUT2D eigenvalue weighted by molar-refractivity contribution is 6.00. The lowest BCUT2D eigenvalue weighted by atomic mass is 9.78. The van der Waals surface area contributed by atoms with Crippen molar-refractivity contribution in [3.63, 3.8) is 0 Å². The topological polar surface area (TPSA) is 12.4 Å². The molecule has 0 bridgehead atoms. The van der Waals surface area contributed by atoms with Crippen molar-refractivity contribution in [2.75, 3.05) is 0 Å². The molecule has 0 fully saturated rings. The van der Waals surface area contributed by atoms with Crippen LogP contribution in [0.5, 0.6) is 0 Å². The van der Waals surface area contributed by atoms with Crippen molar-refractivity contribution in [3.05, 3.63) is 11.3 Å². The maximum atomic E-state index is 5.71. The Morgan fingerprint density at radius 3 is 2.20 bits per heavy atom. The molecule has 0 radical (unpaired) electrons. The van der Waals surface area contributed by atoms with E-state index in [2.05, 4.69) is 47.5 Å². The molecule has 0 aliphatic carbocycles. The number of rotatable bonds is 9. The Balaban J connectivity index is 5.25. The van der Waals surface area contributed by atoms with Gasteiger partial charge < -0.3 is 0 Å². The fraction of sp³-hybridized carbons (Fsp3) is 0.737. The molecule has 0 aromatic carbocycles. The Labute approximate surface area is 127 Å². The Kier molecular flexibility index (Phi) is 9.30. The van der Waals surface area contributed by atoms with E-state index >= 15 is 0 Å².